The summed E-state index contributed by atoms with van der Waals surface area (Å²) in [7, 11) is 0. The molecule has 3 nitrogen and oxygen atoms in total. The highest BCUT2D eigenvalue weighted by Crippen LogP contribution is 2.28. The van der Waals surface area contributed by atoms with Crippen LogP contribution in [0.5, 0.6) is 0 Å². The molecule has 1 N–H and O–H groups in total. The molecule has 0 bridgehead atoms. The third-order valence-electron chi connectivity index (χ3n) is 3.12. The Balaban J connectivity index is 1.81. The van der Waals surface area contributed by atoms with Crippen molar-refractivity contribution < 1.29 is 9.21 Å². The standard InChI is InChI=1S/C17H10BrCl2NO2/c18-11-4-5-14(13(20)9-11)21-17(22)16-7-6-15(23-16)10-2-1-3-12(19)8-10/h1-9H,(H,21,22). The molecule has 0 atom stereocenters. The van der Waals surface area contributed by atoms with E-state index in [0.29, 0.717) is 21.5 Å². The molecule has 0 spiro atoms. The summed E-state index contributed by atoms with van der Waals surface area (Å²) in [6.45, 7) is 0. The van der Waals surface area contributed by atoms with E-state index in [2.05, 4.69) is 21.2 Å². The van der Waals surface area contributed by atoms with Gasteiger partial charge in [-0.05, 0) is 42.5 Å². The molecule has 2 aromatic carbocycles. The van der Waals surface area contributed by atoms with Gasteiger partial charge < -0.3 is 9.73 Å². The van der Waals surface area contributed by atoms with Crippen LogP contribution in [0, 0.1) is 0 Å². The molecule has 0 aliphatic heterocycles. The lowest BCUT2D eigenvalue weighted by molar-refractivity contribution is 0.0997. The number of carbonyl (C=O) groups is 1. The van der Waals surface area contributed by atoms with Gasteiger partial charge in [0.15, 0.2) is 5.76 Å². The lowest BCUT2D eigenvalue weighted by Gasteiger charge is -2.06. The first-order chi connectivity index (χ1) is 11.0. The number of hydrogen-bond acceptors (Lipinski definition) is 2. The fraction of sp³-hybridized carbons (Fsp3) is 0. The smallest absolute Gasteiger partial charge is 0.291 e. The molecule has 1 amide bonds. The molecular weight excluding hydrogens is 401 g/mol. The van der Waals surface area contributed by atoms with Crippen LogP contribution < -0.4 is 5.32 Å². The number of anilines is 1. The number of hydrogen-bond donors (Lipinski definition) is 1. The van der Waals surface area contributed by atoms with E-state index in [1.54, 1.807) is 42.5 Å². The molecule has 3 aromatic rings. The van der Waals surface area contributed by atoms with Crippen molar-refractivity contribution in [3.05, 3.63) is 74.9 Å². The van der Waals surface area contributed by atoms with Crippen molar-refractivity contribution in [2.24, 2.45) is 0 Å². The minimum atomic E-state index is -0.373. The minimum Gasteiger partial charge on any atom is -0.451 e. The molecule has 1 heterocycles. The first kappa shape index (κ1) is 16.1. The van der Waals surface area contributed by atoms with E-state index >= 15 is 0 Å². The van der Waals surface area contributed by atoms with Crippen LogP contribution in [0.2, 0.25) is 10.0 Å². The van der Waals surface area contributed by atoms with Gasteiger partial charge in [-0.15, -0.1) is 0 Å². The summed E-state index contributed by atoms with van der Waals surface area (Å²) in [6.07, 6.45) is 0. The zero-order valence-electron chi connectivity index (χ0n) is 11.6. The molecule has 1 aromatic heterocycles. The number of halogens is 3. The summed E-state index contributed by atoms with van der Waals surface area (Å²) in [6, 6.07) is 15.8. The van der Waals surface area contributed by atoms with Crippen molar-refractivity contribution in [1.29, 1.82) is 0 Å². The van der Waals surface area contributed by atoms with Crippen molar-refractivity contribution >= 4 is 50.7 Å². The maximum atomic E-state index is 12.3. The van der Waals surface area contributed by atoms with Crippen LogP contribution in [0.15, 0.2) is 63.5 Å². The van der Waals surface area contributed by atoms with Gasteiger partial charge in [-0.2, -0.15) is 0 Å². The first-order valence-corrected chi connectivity index (χ1v) is 8.20. The van der Waals surface area contributed by atoms with Crippen molar-refractivity contribution in [1.82, 2.24) is 0 Å². The van der Waals surface area contributed by atoms with Crippen molar-refractivity contribution in [3.8, 4) is 11.3 Å². The molecule has 23 heavy (non-hydrogen) atoms. The van der Waals surface area contributed by atoms with E-state index in [0.717, 1.165) is 10.0 Å². The van der Waals surface area contributed by atoms with Crippen molar-refractivity contribution in [2.75, 3.05) is 5.32 Å². The number of amides is 1. The molecule has 0 fully saturated rings. The fourth-order valence-corrected chi connectivity index (χ4v) is 2.94. The normalized spacial score (nSPS) is 10.6. The quantitative estimate of drug-likeness (QED) is 0.552. The summed E-state index contributed by atoms with van der Waals surface area (Å²) in [5.41, 5.74) is 1.32. The Morgan fingerprint density at radius 2 is 1.87 bits per heavy atom. The second kappa shape index (κ2) is 6.79. The Morgan fingerprint density at radius 3 is 2.61 bits per heavy atom. The van der Waals surface area contributed by atoms with Gasteiger partial charge >= 0.3 is 0 Å². The second-order valence-corrected chi connectivity index (χ2v) is 6.51. The predicted molar refractivity (Wildman–Crippen MR) is 96.3 cm³/mol. The third-order valence-corrected chi connectivity index (χ3v) is 4.16. The molecule has 0 unspecified atom stereocenters. The van der Waals surface area contributed by atoms with Crippen LogP contribution >= 0.6 is 39.1 Å². The molecule has 0 saturated carbocycles. The van der Waals surface area contributed by atoms with Gasteiger partial charge in [-0.25, -0.2) is 0 Å². The Bertz CT molecular complexity index is 877. The zero-order valence-corrected chi connectivity index (χ0v) is 14.7. The highest BCUT2D eigenvalue weighted by molar-refractivity contribution is 9.10. The fourth-order valence-electron chi connectivity index (χ4n) is 2.03. The maximum Gasteiger partial charge on any atom is 0.291 e. The van der Waals surface area contributed by atoms with Crippen LogP contribution in [0.3, 0.4) is 0 Å². The second-order valence-electron chi connectivity index (χ2n) is 4.75. The number of furan rings is 1. The van der Waals surface area contributed by atoms with Gasteiger partial charge in [0.2, 0.25) is 0 Å². The SMILES string of the molecule is O=C(Nc1ccc(Br)cc1Cl)c1ccc(-c2cccc(Cl)c2)o1. The van der Waals surface area contributed by atoms with Crippen LogP contribution in [0.1, 0.15) is 10.6 Å². The summed E-state index contributed by atoms with van der Waals surface area (Å²) in [5, 5.41) is 3.76. The molecule has 0 aliphatic rings. The lowest BCUT2D eigenvalue weighted by Crippen LogP contribution is -2.11. The molecular formula is C17H10BrCl2NO2. The topological polar surface area (TPSA) is 42.2 Å². The van der Waals surface area contributed by atoms with Crippen LogP contribution in [-0.4, -0.2) is 5.91 Å². The third kappa shape index (κ3) is 3.78. The number of carbonyl (C=O) groups excluding carboxylic acids is 1. The zero-order chi connectivity index (χ0) is 16.4. The van der Waals surface area contributed by atoms with Crippen LogP contribution in [-0.2, 0) is 0 Å². The average molecular weight is 411 g/mol. The first-order valence-electron chi connectivity index (χ1n) is 6.65. The molecule has 3 rings (SSSR count). The van der Waals surface area contributed by atoms with Gasteiger partial charge in [0, 0.05) is 15.1 Å². The van der Waals surface area contributed by atoms with Crippen LogP contribution in [0.25, 0.3) is 11.3 Å². The monoisotopic (exact) mass is 409 g/mol. The number of rotatable bonds is 3. The average Bonchev–Trinajstić information content (AvgIpc) is 3.00. The molecule has 0 aliphatic carbocycles. The summed E-state index contributed by atoms with van der Waals surface area (Å²) in [4.78, 5) is 12.3. The summed E-state index contributed by atoms with van der Waals surface area (Å²) in [5.74, 6) is 0.390. The molecule has 0 radical (unpaired) electrons. The Morgan fingerprint density at radius 1 is 1.04 bits per heavy atom. The Labute approximate surface area is 151 Å². The highest BCUT2D eigenvalue weighted by atomic mass is 79.9. The van der Waals surface area contributed by atoms with Gasteiger partial charge in [0.25, 0.3) is 5.91 Å². The van der Waals surface area contributed by atoms with E-state index in [4.69, 9.17) is 27.6 Å². The van der Waals surface area contributed by atoms with E-state index < -0.39 is 0 Å². The number of nitrogens with one attached hydrogen (secondary N) is 1. The molecule has 6 heteroatoms. The van der Waals surface area contributed by atoms with E-state index in [-0.39, 0.29) is 11.7 Å². The predicted octanol–water partition coefficient (Wildman–Crippen LogP) is 6.27. The van der Waals surface area contributed by atoms with E-state index in [1.165, 1.54) is 0 Å². The Kier molecular flexibility index (Phi) is 4.76. The summed E-state index contributed by atoms with van der Waals surface area (Å²) < 4.78 is 6.43. The van der Waals surface area contributed by atoms with Gasteiger partial charge in [-0.3, -0.25) is 4.79 Å². The minimum absolute atomic E-state index is 0.193. The van der Waals surface area contributed by atoms with Gasteiger partial charge in [-0.1, -0.05) is 51.3 Å². The largest absolute Gasteiger partial charge is 0.451 e. The summed E-state index contributed by atoms with van der Waals surface area (Å²) >= 11 is 15.4. The lowest BCUT2D eigenvalue weighted by atomic mass is 10.2. The van der Waals surface area contributed by atoms with Gasteiger partial charge in [0.1, 0.15) is 5.76 Å². The van der Waals surface area contributed by atoms with Crippen LogP contribution in [0.4, 0.5) is 5.69 Å². The van der Waals surface area contributed by atoms with Crippen molar-refractivity contribution in [2.45, 2.75) is 0 Å². The highest BCUT2D eigenvalue weighted by Gasteiger charge is 2.14. The van der Waals surface area contributed by atoms with E-state index in [1.807, 2.05) is 12.1 Å². The molecule has 0 saturated heterocycles. The van der Waals surface area contributed by atoms with Gasteiger partial charge in [0.05, 0.1) is 10.7 Å². The molecule has 116 valence electrons. The number of benzene rings is 2. The maximum absolute atomic E-state index is 12.3. The Hall–Kier alpha value is -1.75. The van der Waals surface area contributed by atoms with E-state index in [9.17, 15) is 4.79 Å². The van der Waals surface area contributed by atoms with Crippen molar-refractivity contribution in [3.63, 3.8) is 0 Å².